The first-order chi connectivity index (χ1) is 6.02. The van der Waals surface area contributed by atoms with Gasteiger partial charge in [-0.1, -0.05) is 45.8 Å². The molecular formula is C9H26ClNSi3. The molecule has 0 aromatic carbocycles. The van der Waals surface area contributed by atoms with Gasteiger partial charge in [-0.25, -0.2) is 0 Å². The maximum Gasteiger partial charge on any atom is 0.166 e. The fourth-order valence-corrected chi connectivity index (χ4v) is 11.6. The Kier molecular flexibility index (Phi) is 5.64. The lowest BCUT2D eigenvalue weighted by molar-refractivity contribution is 0.847. The van der Waals surface area contributed by atoms with Crippen molar-refractivity contribution in [2.24, 2.45) is 0 Å². The van der Waals surface area contributed by atoms with Crippen LogP contribution in [0.25, 0.3) is 0 Å². The van der Waals surface area contributed by atoms with Crippen molar-refractivity contribution in [3.05, 3.63) is 0 Å². The molecule has 0 aliphatic carbocycles. The van der Waals surface area contributed by atoms with Crippen molar-refractivity contribution in [3.63, 3.8) is 0 Å². The number of halogens is 1. The van der Waals surface area contributed by atoms with Gasteiger partial charge in [0.1, 0.15) is 8.24 Å². The average molecular weight is 268 g/mol. The molecule has 14 heavy (non-hydrogen) atoms. The van der Waals surface area contributed by atoms with Crippen LogP contribution in [0.3, 0.4) is 0 Å². The van der Waals surface area contributed by atoms with E-state index in [1.54, 1.807) is 0 Å². The SMILES string of the molecule is C[SiH](C)CC(N[Si](C)(C)C)[Si](C)(C)Cl. The monoisotopic (exact) mass is 267 g/mol. The fraction of sp³-hybridized carbons (Fsp3) is 1.00. The lowest BCUT2D eigenvalue weighted by Gasteiger charge is -2.34. The molecule has 0 aromatic rings. The minimum Gasteiger partial charge on any atom is -0.336 e. The summed E-state index contributed by atoms with van der Waals surface area (Å²) in [7, 11) is -3.21. The van der Waals surface area contributed by atoms with Crippen molar-refractivity contribution in [1.82, 2.24) is 4.98 Å². The highest BCUT2D eigenvalue weighted by atomic mass is 35.6. The second kappa shape index (κ2) is 5.30. The number of rotatable bonds is 5. The van der Waals surface area contributed by atoms with Gasteiger partial charge in [-0.05, 0) is 6.04 Å². The van der Waals surface area contributed by atoms with Gasteiger partial charge in [0.25, 0.3) is 0 Å². The van der Waals surface area contributed by atoms with E-state index in [4.69, 9.17) is 11.1 Å². The van der Waals surface area contributed by atoms with Gasteiger partial charge in [-0.15, -0.1) is 0 Å². The maximum atomic E-state index is 6.57. The summed E-state index contributed by atoms with van der Waals surface area (Å²) in [4.78, 5) is 3.83. The van der Waals surface area contributed by atoms with Gasteiger partial charge in [0.2, 0.25) is 0 Å². The molecule has 0 radical (unpaired) electrons. The Morgan fingerprint density at radius 1 is 1.14 bits per heavy atom. The Morgan fingerprint density at radius 3 is 1.79 bits per heavy atom. The lowest BCUT2D eigenvalue weighted by atomic mass is 10.8. The van der Waals surface area contributed by atoms with Gasteiger partial charge >= 0.3 is 0 Å². The molecule has 0 aliphatic rings. The lowest BCUT2D eigenvalue weighted by Crippen LogP contribution is -2.57. The summed E-state index contributed by atoms with van der Waals surface area (Å²) in [6.07, 6.45) is 0. The molecule has 1 nitrogen and oxygen atoms in total. The van der Waals surface area contributed by atoms with E-state index in [1.165, 1.54) is 6.04 Å². The summed E-state index contributed by atoms with van der Waals surface area (Å²) < 4.78 is 0. The molecule has 0 aromatic heterocycles. The summed E-state index contributed by atoms with van der Waals surface area (Å²) >= 11 is 6.57. The average Bonchev–Trinajstić information content (AvgIpc) is 1.78. The van der Waals surface area contributed by atoms with Crippen LogP contribution in [0.15, 0.2) is 0 Å². The summed E-state index contributed by atoms with van der Waals surface area (Å²) in [5.74, 6) is 0. The van der Waals surface area contributed by atoms with E-state index >= 15 is 0 Å². The molecule has 1 unspecified atom stereocenters. The van der Waals surface area contributed by atoms with E-state index in [0.29, 0.717) is 5.67 Å². The first kappa shape index (κ1) is 14.9. The molecule has 0 bridgehead atoms. The molecule has 5 heteroatoms. The van der Waals surface area contributed by atoms with Crippen LogP contribution in [-0.2, 0) is 0 Å². The molecule has 0 amide bonds. The molecule has 0 fully saturated rings. The Bertz CT molecular complexity index is 172. The van der Waals surface area contributed by atoms with Gasteiger partial charge in [0.05, 0.1) is 0 Å². The summed E-state index contributed by atoms with van der Waals surface area (Å²) in [6.45, 7) is 16.4. The van der Waals surface area contributed by atoms with Crippen molar-refractivity contribution in [2.45, 2.75) is 57.5 Å². The largest absolute Gasteiger partial charge is 0.336 e. The molecule has 0 aliphatic heterocycles. The summed E-state index contributed by atoms with van der Waals surface area (Å²) in [5.41, 5.74) is 0.627. The Hall–Kier alpha value is 0.901. The van der Waals surface area contributed by atoms with Crippen molar-refractivity contribution in [3.8, 4) is 0 Å². The van der Waals surface area contributed by atoms with E-state index in [1.807, 2.05) is 0 Å². The van der Waals surface area contributed by atoms with Crippen molar-refractivity contribution in [1.29, 1.82) is 0 Å². The van der Waals surface area contributed by atoms with Crippen molar-refractivity contribution in [2.75, 3.05) is 0 Å². The fourth-order valence-electron chi connectivity index (χ4n) is 1.50. The van der Waals surface area contributed by atoms with Gasteiger partial charge in [-0.2, -0.15) is 11.1 Å². The van der Waals surface area contributed by atoms with Crippen molar-refractivity contribution >= 4 is 35.5 Å². The van der Waals surface area contributed by atoms with E-state index in [0.717, 1.165) is 0 Å². The van der Waals surface area contributed by atoms with Crippen LogP contribution in [0.5, 0.6) is 0 Å². The molecule has 0 saturated carbocycles. The summed E-state index contributed by atoms with van der Waals surface area (Å²) in [6, 6.07) is 1.35. The molecule has 0 spiro atoms. The van der Waals surface area contributed by atoms with Crippen LogP contribution >= 0.6 is 11.1 Å². The Balaban J connectivity index is 4.42. The number of hydrogen-bond donors (Lipinski definition) is 1. The number of hydrogen-bond acceptors (Lipinski definition) is 1. The van der Waals surface area contributed by atoms with Crippen LogP contribution in [0.4, 0.5) is 0 Å². The normalized spacial score (nSPS) is 16.1. The van der Waals surface area contributed by atoms with Gasteiger partial charge < -0.3 is 4.98 Å². The molecule has 86 valence electrons. The highest BCUT2D eigenvalue weighted by Crippen LogP contribution is 2.20. The van der Waals surface area contributed by atoms with Crippen LogP contribution in [0, 0.1) is 0 Å². The highest BCUT2D eigenvalue weighted by Gasteiger charge is 2.33. The first-order valence-electron chi connectivity index (χ1n) is 5.49. The standard InChI is InChI=1S/C9H26ClNSi3/c1-12(2)8-9(14(6,7)10)11-13(3,4)5/h9,11-12H,8H2,1-7H3. The second-order valence-electron chi connectivity index (χ2n) is 6.14. The molecule has 0 rings (SSSR count). The zero-order chi connectivity index (χ0) is 11.6. The van der Waals surface area contributed by atoms with Gasteiger partial charge in [0, 0.05) is 14.5 Å². The number of nitrogens with one attached hydrogen (secondary N) is 1. The maximum absolute atomic E-state index is 6.57. The molecular weight excluding hydrogens is 242 g/mol. The zero-order valence-corrected chi connectivity index (χ0v) is 14.7. The molecule has 1 atom stereocenters. The van der Waals surface area contributed by atoms with Crippen LogP contribution in [-0.4, -0.2) is 30.1 Å². The molecule has 1 N–H and O–H groups in total. The van der Waals surface area contributed by atoms with E-state index in [9.17, 15) is 0 Å². The zero-order valence-electron chi connectivity index (χ0n) is 10.7. The third-order valence-corrected chi connectivity index (χ3v) is 8.36. The third-order valence-electron chi connectivity index (χ3n) is 2.14. The smallest absolute Gasteiger partial charge is 0.166 e. The first-order valence-corrected chi connectivity index (χ1v) is 16.2. The third kappa shape index (κ3) is 7.23. The minimum atomic E-state index is -1.53. The quantitative estimate of drug-likeness (QED) is 0.596. The van der Waals surface area contributed by atoms with Gasteiger partial charge in [-0.3, -0.25) is 0 Å². The topological polar surface area (TPSA) is 12.0 Å². The minimum absolute atomic E-state index is 0.508. The van der Waals surface area contributed by atoms with E-state index < -0.39 is 24.4 Å². The van der Waals surface area contributed by atoms with Crippen LogP contribution < -0.4 is 4.98 Å². The highest BCUT2D eigenvalue weighted by molar-refractivity contribution is 7.20. The predicted molar refractivity (Wildman–Crippen MR) is 77.3 cm³/mol. The van der Waals surface area contributed by atoms with E-state index in [-0.39, 0.29) is 0 Å². The second-order valence-corrected chi connectivity index (χ2v) is 20.9. The van der Waals surface area contributed by atoms with Crippen LogP contribution in [0.1, 0.15) is 0 Å². The Labute approximate surface area is 98.0 Å². The van der Waals surface area contributed by atoms with Crippen molar-refractivity contribution < 1.29 is 0 Å². The van der Waals surface area contributed by atoms with Gasteiger partial charge in [0.15, 0.2) is 7.38 Å². The summed E-state index contributed by atoms with van der Waals surface area (Å²) in [5, 5.41) is 0. The predicted octanol–water partition coefficient (Wildman–Crippen LogP) is 3.25. The molecule has 0 saturated heterocycles. The Morgan fingerprint density at radius 2 is 1.57 bits per heavy atom. The van der Waals surface area contributed by atoms with E-state index in [2.05, 4.69) is 50.8 Å². The molecule has 0 heterocycles. The van der Waals surface area contributed by atoms with Crippen LogP contribution in [0.2, 0.25) is 51.9 Å².